The molecule has 0 radical (unpaired) electrons. The van der Waals surface area contributed by atoms with E-state index in [1.807, 2.05) is 49.1 Å². The van der Waals surface area contributed by atoms with Crippen LogP contribution in [0.15, 0.2) is 54.7 Å². The Morgan fingerprint density at radius 1 is 1.11 bits per heavy atom. The van der Waals surface area contributed by atoms with E-state index in [1.165, 1.54) is 0 Å². The van der Waals surface area contributed by atoms with Crippen LogP contribution in [0.25, 0.3) is 33.1 Å². The summed E-state index contributed by atoms with van der Waals surface area (Å²) in [6.07, 6.45) is 6.95. The number of hydrogen-bond donors (Lipinski definition) is 1. The van der Waals surface area contributed by atoms with Crippen LogP contribution in [0.3, 0.4) is 0 Å². The van der Waals surface area contributed by atoms with Crippen molar-refractivity contribution in [3.63, 3.8) is 0 Å². The Hall–Kier alpha value is -2.90. The monoisotopic (exact) mass is 577 g/mol. The molecule has 7 heteroatoms. The van der Waals surface area contributed by atoms with Crippen molar-refractivity contribution in [1.82, 2.24) is 4.90 Å². The first-order chi connectivity index (χ1) is 18.2. The summed E-state index contributed by atoms with van der Waals surface area (Å²) < 4.78 is 12.8. The average Bonchev–Trinajstić information content (AvgIpc) is 3.33. The Bertz CT molecular complexity index is 1600. The third-order valence-electron chi connectivity index (χ3n) is 8.87. The number of likely N-dealkylation sites (tertiary alicyclic amines) is 1. The number of nitrogens with zero attached hydrogens (tertiary/aromatic N) is 1. The van der Waals surface area contributed by atoms with Crippen molar-refractivity contribution in [1.29, 1.82) is 0 Å². The van der Waals surface area contributed by atoms with Crippen LogP contribution in [0.1, 0.15) is 55.2 Å². The van der Waals surface area contributed by atoms with Gasteiger partial charge >= 0.3 is 5.63 Å². The number of furan rings is 1. The minimum absolute atomic E-state index is 0.0375. The van der Waals surface area contributed by atoms with E-state index in [2.05, 4.69) is 15.9 Å². The number of aryl methyl sites for hydroxylation is 2. The SMILES string of the molecule is Cc1c(CCC(=O)N2CC[C@]3(O)CCCC[C@H]3C2)c(=O)oc2c(C)c3occ(-c4ccc(Br)cc4)c3cc12. The molecule has 1 amide bonds. The fourth-order valence-corrected chi connectivity index (χ4v) is 6.79. The molecule has 2 aromatic carbocycles. The molecule has 1 saturated heterocycles. The predicted molar refractivity (Wildman–Crippen MR) is 151 cm³/mol. The Morgan fingerprint density at radius 2 is 1.89 bits per heavy atom. The fourth-order valence-electron chi connectivity index (χ4n) is 6.53. The van der Waals surface area contributed by atoms with Gasteiger partial charge in [-0.15, -0.1) is 0 Å². The number of piperidine rings is 1. The second kappa shape index (κ2) is 9.69. The zero-order valence-electron chi connectivity index (χ0n) is 21.8. The molecular formula is C31H32BrNO5. The highest BCUT2D eigenvalue weighted by Gasteiger charge is 2.43. The lowest BCUT2D eigenvalue weighted by molar-refractivity contribution is -0.143. The quantitative estimate of drug-likeness (QED) is 0.274. The maximum absolute atomic E-state index is 13.2. The van der Waals surface area contributed by atoms with Crippen LogP contribution >= 0.6 is 15.9 Å². The molecule has 3 heterocycles. The molecule has 2 aliphatic rings. The molecule has 4 aromatic rings. The lowest BCUT2D eigenvalue weighted by atomic mass is 9.71. The maximum atomic E-state index is 13.2. The number of hydrogen-bond acceptors (Lipinski definition) is 5. The molecule has 0 spiro atoms. The number of benzene rings is 2. The third kappa shape index (κ3) is 4.30. The van der Waals surface area contributed by atoms with Crippen molar-refractivity contribution < 1.29 is 18.7 Å². The van der Waals surface area contributed by atoms with E-state index in [4.69, 9.17) is 8.83 Å². The number of rotatable bonds is 4. The molecule has 1 aliphatic heterocycles. The lowest BCUT2D eigenvalue weighted by Crippen LogP contribution is -2.54. The van der Waals surface area contributed by atoms with Crippen molar-refractivity contribution in [2.45, 2.75) is 64.4 Å². The van der Waals surface area contributed by atoms with Crippen LogP contribution in [-0.4, -0.2) is 34.6 Å². The number of amides is 1. The maximum Gasteiger partial charge on any atom is 0.339 e. The van der Waals surface area contributed by atoms with Crippen LogP contribution in [0, 0.1) is 19.8 Å². The Kier molecular flexibility index (Phi) is 6.47. The van der Waals surface area contributed by atoms with E-state index in [1.54, 1.807) is 6.26 Å². The van der Waals surface area contributed by atoms with Crippen LogP contribution in [0.4, 0.5) is 0 Å². The van der Waals surface area contributed by atoms with Crippen molar-refractivity contribution in [2.75, 3.05) is 13.1 Å². The summed E-state index contributed by atoms with van der Waals surface area (Å²) in [5.41, 5.74) is 4.42. The number of fused-ring (bicyclic) bond motifs is 3. The lowest BCUT2D eigenvalue weighted by Gasteiger charge is -2.47. The van der Waals surface area contributed by atoms with Gasteiger partial charge in [0, 0.05) is 57.4 Å². The smallest absolute Gasteiger partial charge is 0.339 e. The second-order valence-corrected chi connectivity index (χ2v) is 12.0. The molecule has 1 aliphatic carbocycles. The van der Waals surface area contributed by atoms with Gasteiger partial charge in [-0.25, -0.2) is 4.79 Å². The molecule has 0 unspecified atom stereocenters. The first kappa shape index (κ1) is 25.4. The standard InChI is InChI=1S/C31H32BrNO5/c1-18-23(10-11-27(34)33-14-13-31(36)12-4-3-5-21(31)16-33)30(35)38-29-19(2)28-25(15-24(18)29)26(17-37-28)20-6-8-22(32)9-7-20/h6-9,15,17,21,36H,3-5,10-14,16H2,1-2H3/t21-,31+/m0/s1. The largest absolute Gasteiger partial charge is 0.463 e. The van der Waals surface area contributed by atoms with Gasteiger partial charge in [-0.05, 0) is 68.9 Å². The van der Waals surface area contributed by atoms with Gasteiger partial charge in [0.15, 0.2) is 0 Å². The van der Waals surface area contributed by atoms with Gasteiger partial charge in [0.2, 0.25) is 5.91 Å². The molecule has 1 N–H and O–H groups in total. The minimum Gasteiger partial charge on any atom is -0.463 e. The minimum atomic E-state index is -0.615. The summed E-state index contributed by atoms with van der Waals surface area (Å²) in [7, 11) is 0. The van der Waals surface area contributed by atoms with Gasteiger partial charge < -0.3 is 18.8 Å². The van der Waals surface area contributed by atoms with Crippen LogP contribution in [0.5, 0.6) is 0 Å². The predicted octanol–water partition coefficient (Wildman–Crippen LogP) is 6.67. The summed E-state index contributed by atoms with van der Waals surface area (Å²) >= 11 is 3.49. The number of halogens is 1. The molecule has 6 nitrogen and oxygen atoms in total. The Labute approximate surface area is 229 Å². The van der Waals surface area contributed by atoms with Crippen molar-refractivity contribution in [3.8, 4) is 11.1 Å². The molecular weight excluding hydrogens is 546 g/mol. The van der Waals surface area contributed by atoms with E-state index in [0.717, 1.165) is 63.2 Å². The molecule has 0 bridgehead atoms. The first-order valence-corrected chi connectivity index (χ1v) is 14.3. The molecule has 38 heavy (non-hydrogen) atoms. The van der Waals surface area contributed by atoms with E-state index in [9.17, 15) is 14.7 Å². The van der Waals surface area contributed by atoms with Gasteiger partial charge in [0.25, 0.3) is 0 Å². The highest BCUT2D eigenvalue weighted by molar-refractivity contribution is 9.10. The molecule has 198 valence electrons. The topological polar surface area (TPSA) is 83.9 Å². The van der Waals surface area contributed by atoms with Gasteiger partial charge in [0.1, 0.15) is 11.2 Å². The Balaban J connectivity index is 1.29. The van der Waals surface area contributed by atoms with Crippen LogP contribution < -0.4 is 5.63 Å². The van der Waals surface area contributed by atoms with Crippen molar-refractivity contribution >= 4 is 43.8 Å². The number of carbonyl (C=O) groups is 1. The molecule has 2 fully saturated rings. The molecule has 2 aromatic heterocycles. The summed E-state index contributed by atoms with van der Waals surface area (Å²) in [5, 5.41) is 12.8. The molecule has 1 saturated carbocycles. The summed E-state index contributed by atoms with van der Waals surface area (Å²) in [5.74, 6) is 0.192. The van der Waals surface area contributed by atoms with E-state index in [0.29, 0.717) is 42.7 Å². The summed E-state index contributed by atoms with van der Waals surface area (Å²) in [6.45, 7) is 5.03. The van der Waals surface area contributed by atoms with E-state index >= 15 is 0 Å². The number of aliphatic hydroxyl groups is 1. The van der Waals surface area contributed by atoms with Crippen LogP contribution in [0.2, 0.25) is 0 Å². The number of carbonyl (C=O) groups excluding carboxylic acids is 1. The molecule has 2 atom stereocenters. The highest BCUT2D eigenvalue weighted by atomic mass is 79.9. The Morgan fingerprint density at radius 3 is 2.68 bits per heavy atom. The van der Waals surface area contributed by atoms with Gasteiger partial charge in [0.05, 0.1) is 11.9 Å². The summed E-state index contributed by atoms with van der Waals surface area (Å²) in [6, 6.07) is 10.1. The van der Waals surface area contributed by atoms with E-state index < -0.39 is 11.2 Å². The zero-order chi connectivity index (χ0) is 26.6. The molecule has 6 rings (SSSR count). The van der Waals surface area contributed by atoms with Crippen molar-refractivity contribution in [2.24, 2.45) is 5.92 Å². The van der Waals surface area contributed by atoms with Gasteiger partial charge in [-0.3, -0.25) is 4.79 Å². The third-order valence-corrected chi connectivity index (χ3v) is 9.39. The van der Waals surface area contributed by atoms with Crippen LogP contribution in [-0.2, 0) is 11.2 Å². The van der Waals surface area contributed by atoms with E-state index in [-0.39, 0.29) is 18.2 Å². The normalized spacial score (nSPS) is 21.7. The highest BCUT2D eigenvalue weighted by Crippen LogP contribution is 2.40. The fraction of sp³-hybridized carbons (Fsp3) is 0.419. The second-order valence-electron chi connectivity index (χ2n) is 11.0. The van der Waals surface area contributed by atoms with Gasteiger partial charge in [-0.1, -0.05) is 40.9 Å². The first-order valence-electron chi connectivity index (χ1n) is 13.5. The van der Waals surface area contributed by atoms with Gasteiger partial charge in [-0.2, -0.15) is 0 Å². The zero-order valence-corrected chi connectivity index (χ0v) is 23.4. The average molecular weight is 579 g/mol. The van der Waals surface area contributed by atoms with Crippen molar-refractivity contribution in [3.05, 3.63) is 68.2 Å². The summed E-state index contributed by atoms with van der Waals surface area (Å²) in [4.78, 5) is 28.1.